The summed E-state index contributed by atoms with van der Waals surface area (Å²) in [6.45, 7) is 0. The Labute approximate surface area is 99.5 Å². The van der Waals surface area contributed by atoms with Gasteiger partial charge in [0.2, 0.25) is 0 Å². The van der Waals surface area contributed by atoms with Crippen molar-refractivity contribution in [3.8, 4) is 0 Å². The third-order valence-corrected chi connectivity index (χ3v) is 2.79. The fourth-order valence-corrected chi connectivity index (χ4v) is 1.90. The monoisotopic (exact) mass is 248 g/mol. The first-order valence-corrected chi connectivity index (χ1v) is 5.07. The first-order valence-electron chi connectivity index (χ1n) is 5.07. The van der Waals surface area contributed by atoms with E-state index in [4.69, 9.17) is 0 Å². The lowest BCUT2D eigenvalue weighted by molar-refractivity contribution is 0.514. The quantitative estimate of drug-likeness (QED) is 0.414. The van der Waals surface area contributed by atoms with Crippen molar-refractivity contribution in [1.82, 2.24) is 0 Å². The van der Waals surface area contributed by atoms with Gasteiger partial charge < -0.3 is 0 Å². The Morgan fingerprint density at radius 2 is 1.06 bits per heavy atom. The van der Waals surface area contributed by atoms with Gasteiger partial charge in [-0.3, -0.25) is 0 Å². The molecule has 0 atom stereocenters. The Kier molecular flexibility index (Phi) is 2.26. The van der Waals surface area contributed by atoms with Gasteiger partial charge in [-0.15, -0.1) is 0 Å². The summed E-state index contributed by atoms with van der Waals surface area (Å²) >= 11 is 0. The molecule has 0 saturated carbocycles. The molecule has 0 spiro atoms. The van der Waals surface area contributed by atoms with Crippen molar-refractivity contribution in [1.29, 1.82) is 0 Å². The standard InChI is InChI=1S/C14H4F4/c15-11-3-1-7-5-10-8(6-9(7)13(11)17)2-4-12(16)14(10)18/h1-2,5-6H. The van der Waals surface area contributed by atoms with Crippen LogP contribution in [0.25, 0.3) is 21.5 Å². The molecule has 88 valence electrons. The van der Waals surface area contributed by atoms with E-state index >= 15 is 0 Å². The maximum atomic E-state index is 13.5. The highest BCUT2D eigenvalue weighted by molar-refractivity contribution is 5.98. The molecule has 0 N–H and O–H groups in total. The summed E-state index contributed by atoms with van der Waals surface area (Å²) in [6.07, 6.45) is 0. The molecule has 0 nitrogen and oxygen atoms in total. The van der Waals surface area contributed by atoms with Crippen LogP contribution in [0.1, 0.15) is 0 Å². The highest BCUT2D eigenvalue weighted by Crippen LogP contribution is 2.28. The Hall–Kier alpha value is -2.10. The minimum atomic E-state index is -1.10. The molecule has 0 heterocycles. The van der Waals surface area contributed by atoms with Gasteiger partial charge in [-0.25, -0.2) is 17.6 Å². The van der Waals surface area contributed by atoms with Crippen LogP contribution in [0.5, 0.6) is 0 Å². The number of rotatable bonds is 0. The van der Waals surface area contributed by atoms with Gasteiger partial charge in [-0.05, 0) is 35.0 Å². The number of benzene rings is 3. The fourth-order valence-electron chi connectivity index (χ4n) is 1.90. The van der Waals surface area contributed by atoms with Crippen LogP contribution in [0.3, 0.4) is 0 Å². The molecule has 0 aliphatic carbocycles. The summed E-state index contributed by atoms with van der Waals surface area (Å²) in [7, 11) is 0. The van der Waals surface area contributed by atoms with E-state index in [1.54, 1.807) is 0 Å². The number of halogens is 4. The number of hydrogen-bond donors (Lipinski definition) is 0. The second-order valence-corrected chi connectivity index (χ2v) is 3.86. The predicted octanol–water partition coefficient (Wildman–Crippen LogP) is 4.15. The number of fused-ring (bicyclic) bond motifs is 2. The summed E-state index contributed by atoms with van der Waals surface area (Å²) < 4.78 is 53.1. The second kappa shape index (κ2) is 3.70. The Bertz CT molecular complexity index is 710. The minimum absolute atomic E-state index is 0.00171. The Balaban J connectivity index is 2.51. The van der Waals surface area contributed by atoms with Crippen molar-refractivity contribution in [3.05, 3.63) is 59.7 Å². The lowest BCUT2D eigenvalue weighted by Crippen LogP contribution is -1.90. The normalized spacial score (nSPS) is 11.3. The van der Waals surface area contributed by atoms with Gasteiger partial charge in [0.25, 0.3) is 0 Å². The van der Waals surface area contributed by atoms with Crippen molar-refractivity contribution in [2.45, 2.75) is 0 Å². The van der Waals surface area contributed by atoms with Gasteiger partial charge in [0.15, 0.2) is 23.3 Å². The van der Waals surface area contributed by atoms with Crippen molar-refractivity contribution in [3.63, 3.8) is 0 Å². The Morgan fingerprint density at radius 3 is 1.44 bits per heavy atom. The van der Waals surface area contributed by atoms with Crippen LogP contribution >= 0.6 is 0 Å². The third-order valence-electron chi connectivity index (χ3n) is 2.79. The maximum Gasteiger partial charge on any atom is 0.167 e. The van der Waals surface area contributed by atoms with Crippen molar-refractivity contribution in [2.24, 2.45) is 0 Å². The average Bonchev–Trinajstić information content (AvgIpc) is 2.38. The molecule has 3 aromatic rings. The molecule has 0 saturated heterocycles. The van der Waals surface area contributed by atoms with Gasteiger partial charge in [0.1, 0.15) is 0 Å². The first kappa shape index (κ1) is 11.0. The van der Waals surface area contributed by atoms with E-state index in [1.807, 2.05) is 0 Å². The molecular formula is C14H4F4. The van der Waals surface area contributed by atoms with E-state index in [0.717, 1.165) is 0 Å². The van der Waals surface area contributed by atoms with E-state index in [2.05, 4.69) is 12.1 Å². The average molecular weight is 248 g/mol. The van der Waals surface area contributed by atoms with Gasteiger partial charge in [-0.1, -0.05) is 0 Å². The van der Waals surface area contributed by atoms with Crippen LogP contribution in [0, 0.1) is 35.4 Å². The summed E-state index contributed by atoms with van der Waals surface area (Å²) in [5, 5.41) is 0.508. The van der Waals surface area contributed by atoms with Crippen molar-refractivity contribution >= 4 is 21.5 Å². The minimum Gasteiger partial charge on any atom is -0.203 e. The zero-order valence-corrected chi connectivity index (χ0v) is 8.82. The number of hydrogen-bond acceptors (Lipinski definition) is 0. The maximum absolute atomic E-state index is 13.5. The molecule has 3 rings (SSSR count). The van der Waals surface area contributed by atoms with Crippen molar-refractivity contribution in [2.75, 3.05) is 0 Å². The lowest BCUT2D eigenvalue weighted by Gasteiger charge is -2.05. The van der Waals surface area contributed by atoms with Crippen LogP contribution in [0.2, 0.25) is 0 Å². The molecule has 3 aromatic carbocycles. The summed E-state index contributed by atoms with van der Waals surface area (Å²) in [5.41, 5.74) is 0. The zero-order valence-electron chi connectivity index (χ0n) is 8.82. The van der Waals surface area contributed by atoms with Crippen LogP contribution in [0.15, 0.2) is 24.3 Å². The molecule has 2 radical (unpaired) electrons. The van der Waals surface area contributed by atoms with Crippen molar-refractivity contribution < 1.29 is 17.6 Å². The smallest absolute Gasteiger partial charge is 0.167 e. The summed E-state index contributed by atoms with van der Waals surface area (Å²) in [4.78, 5) is 0. The summed E-state index contributed by atoms with van der Waals surface area (Å²) in [6, 6.07) is 9.06. The highest BCUT2D eigenvalue weighted by atomic mass is 19.2. The van der Waals surface area contributed by atoms with Gasteiger partial charge in [0.05, 0.1) is 0 Å². The summed E-state index contributed by atoms with van der Waals surface area (Å²) in [5.74, 6) is -4.32. The van der Waals surface area contributed by atoms with E-state index in [-0.39, 0.29) is 21.5 Å². The predicted molar refractivity (Wildman–Crippen MR) is 59.0 cm³/mol. The van der Waals surface area contributed by atoms with Gasteiger partial charge >= 0.3 is 0 Å². The van der Waals surface area contributed by atoms with E-state index in [0.29, 0.717) is 0 Å². The lowest BCUT2D eigenvalue weighted by atomic mass is 10.0. The van der Waals surface area contributed by atoms with Crippen LogP contribution in [-0.2, 0) is 0 Å². The van der Waals surface area contributed by atoms with Gasteiger partial charge in [-0.2, -0.15) is 0 Å². The van der Waals surface area contributed by atoms with Crippen LogP contribution < -0.4 is 0 Å². The van der Waals surface area contributed by atoms with E-state index in [1.165, 1.54) is 24.3 Å². The molecule has 0 aliphatic heterocycles. The molecule has 0 aliphatic rings. The molecule has 0 amide bonds. The van der Waals surface area contributed by atoms with Gasteiger partial charge in [0, 0.05) is 22.9 Å². The van der Waals surface area contributed by atoms with E-state index in [9.17, 15) is 17.6 Å². The van der Waals surface area contributed by atoms with Crippen LogP contribution in [0.4, 0.5) is 17.6 Å². The molecule has 4 heteroatoms. The topological polar surface area (TPSA) is 0 Å². The largest absolute Gasteiger partial charge is 0.203 e. The molecule has 0 fully saturated rings. The molecule has 0 bridgehead atoms. The molecule has 0 unspecified atom stereocenters. The highest BCUT2D eigenvalue weighted by Gasteiger charge is 2.12. The second-order valence-electron chi connectivity index (χ2n) is 3.86. The van der Waals surface area contributed by atoms with E-state index < -0.39 is 23.3 Å². The fraction of sp³-hybridized carbons (Fsp3) is 0. The zero-order chi connectivity index (χ0) is 12.9. The molecular weight excluding hydrogens is 244 g/mol. The first-order chi connectivity index (χ1) is 8.58. The SMILES string of the molecule is Fc1[c]cc2cc3c(F)c(F)[c]cc3cc2c1F. The molecule has 0 aromatic heterocycles. The van der Waals surface area contributed by atoms with Crippen LogP contribution in [-0.4, -0.2) is 0 Å². The Morgan fingerprint density at radius 1 is 0.667 bits per heavy atom. The molecule has 18 heavy (non-hydrogen) atoms. The third kappa shape index (κ3) is 1.45.